The molecule has 2 heterocycles. The summed E-state index contributed by atoms with van der Waals surface area (Å²) in [6.07, 6.45) is 0. The fraction of sp³-hybridized carbons (Fsp3) is 0.167. The highest BCUT2D eigenvalue weighted by molar-refractivity contribution is 7.13. The van der Waals surface area contributed by atoms with Crippen LogP contribution in [0.3, 0.4) is 0 Å². The number of carbonyl (C=O) groups excluding carboxylic acids is 1. The Labute approximate surface area is 117 Å². The van der Waals surface area contributed by atoms with Crippen LogP contribution in [0.4, 0.5) is 0 Å². The number of thiazole rings is 1. The van der Waals surface area contributed by atoms with Crippen molar-refractivity contribution in [2.24, 2.45) is 0 Å². The monoisotopic (exact) mass is 293 g/mol. The highest BCUT2D eigenvalue weighted by atomic mass is 32.1. The fourth-order valence-corrected chi connectivity index (χ4v) is 2.40. The van der Waals surface area contributed by atoms with E-state index in [1.807, 2.05) is 0 Å². The number of nitrogens with zero attached hydrogens (tertiary/aromatic N) is 1. The number of nitrogens with one attached hydrogen (secondary N) is 2. The summed E-state index contributed by atoms with van der Waals surface area (Å²) in [4.78, 5) is 40.4. The molecule has 20 heavy (non-hydrogen) atoms. The standard InChI is InChI=1S/C12H11N3O4S/c1-6-10(12(18)19)20-9(14-6)5-13-11(17)7-3-2-4-8(16)15-7/h2-4H,5H2,1H3,(H,13,17)(H,15,16)(H,18,19). The second-order valence-electron chi connectivity index (χ2n) is 3.94. The van der Waals surface area contributed by atoms with Crippen LogP contribution in [-0.2, 0) is 6.54 Å². The predicted octanol–water partition coefficient (Wildman–Crippen LogP) is 0.768. The highest BCUT2D eigenvalue weighted by Gasteiger charge is 2.14. The number of carboxylic acids is 1. The quantitative estimate of drug-likeness (QED) is 0.770. The molecule has 0 saturated heterocycles. The van der Waals surface area contributed by atoms with E-state index in [9.17, 15) is 14.4 Å². The van der Waals surface area contributed by atoms with E-state index in [0.717, 1.165) is 11.3 Å². The Balaban J connectivity index is 2.05. The van der Waals surface area contributed by atoms with Crippen LogP contribution in [0.2, 0.25) is 0 Å². The van der Waals surface area contributed by atoms with Gasteiger partial charge in [0.25, 0.3) is 5.91 Å². The first-order valence-electron chi connectivity index (χ1n) is 5.64. The summed E-state index contributed by atoms with van der Waals surface area (Å²) < 4.78 is 0. The van der Waals surface area contributed by atoms with Gasteiger partial charge < -0.3 is 15.4 Å². The van der Waals surface area contributed by atoms with Crippen molar-refractivity contribution in [2.45, 2.75) is 13.5 Å². The van der Waals surface area contributed by atoms with Crippen molar-refractivity contribution in [3.8, 4) is 0 Å². The molecular formula is C12H11N3O4S. The zero-order valence-corrected chi connectivity index (χ0v) is 11.3. The average molecular weight is 293 g/mol. The van der Waals surface area contributed by atoms with Gasteiger partial charge in [0.05, 0.1) is 12.2 Å². The minimum absolute atomic E-state index is 0.106. The van der Waals surface area contributed by atoms with Crippen LogP contribution in [0.25, 0.3) is 0 Å². The van der Waals surface area contributed by atoms with Gasteiger partial charge in [-0.25, -0.2) is 9.78 Å². The maximum absolute atomic E-state index is 11.8. The molecule has 0 radical (unpaired) electrons. The maximum Gasteiger partial charge on any atom is 0.347 e. The summed E-state index contributed by atoms with van der Waals surface area (Å²) in [6.45, 7) is 1.70. The minimum Gasteiger partial charge on any atom is -0.477 e. The number of hydrogen-bond acceptors (Lipinski definition) is 5. The molecule has 8 heteroatoms. The summed E-state index contributed by atoms with van der Waals surface area (Å²) in [5, 5.41) is 12.0. The molecule has 0 bridgehead atoms. The molecule has 0 aliphatic heterocycles. The fourth-order valence-electron chi connectivity index (χ4n) is 1.56. The van der Waals surface area contributed by atoms with Crippen molar-refractivity contribution in [3.05, 3.63) is 49.8 Å². The van der Waals surface area contributed by atoms with Gasteiger partial charge in [0.15, 0.2) is 0 Å². The van der Waals surface area contributed by atoms with Crippen molar-refractivity contribution in [3.63, 3.8) is 0 Å². The third-order valence-electron chi connectivity index (χ3n) is 2.45. The lowest BCUT2D eigenvalue weighted by Gasteiger charge is -2.02. The number of rotatable bonds is 4. The molecule has 0 atom stereocenters. The van der Waals surface area contributed by atoms with Crippen LogP contribution in [0.5, 0.6) is 0 Å². The maximum atomic E-state index is 11.8. The Morgan fingerprint density at radius 3 is 2.80 bits per heavy atom. The molecule has 0 saturated carbocycles. The van der Waals surface area contributed by atoms with E-state index in [0.29, 0.717) is 10.7 Å². The molecule has 0 unspecified atom stereocenters. The normalized spacial score (nSPS) is 10.2. The van der Waals surface area contributed by atoms with E-state index in [-0.39, 0.29) is 22.7 Å². The Morgan fingerprint density at radius 1 is 1.45 bits per heavy atom. The number of aromatic amines is 1. The molecule has 1 amide bonds. The van der Waals surface area contributed by atoms with Crippen molar-refractivity contribution >= 4 is 23.2 Å². The van der Waals surface area contributed by atoms with Gasteiger partial charge in [-0.15, -0.1) is 11.3 Å². The average Bonchev–Trinajstić information content (AvgIpc) is 2.77. The van der Waals surface area contributed by atoms with Gasteiger partial charge in [-0.2, -0.15) is 0 Å². The lowest BCUT2D eigenvalue weighted by molar-refractivity contribution is 0.0701. The van der Waals surface area contributed by atoms with Crippen LogP contribution in [-0.4, -0.2) is 27.0 Å². The molecule has 2 rings (SSSR count). The van der Waals surface area contributed by atoms with Gasteiger partial charge in [0.2, 0.25) is 5.56 Å². The van der Waals surface area contributed by atoms with E-state index in [2.05, 4.69) is 15.3 Å². The van der Waals surface area contributed by atoms with Crippen molar-refractivity contribution in [1.82, 2.24) is 15.3 Å². The SMILES string of the molecule is Cc1nc(CNC(=O)c2cccc(=O)[nH]2)sc1C(=O)O. The first kappa shape index (κ1) is 13.9. The van der Waals surface area contributed by atoms with Crippen LogP contribution in [0.1, 0.15) is 30.9 Å². The number of carboxylic acid groups (broad SMARTS) is 1. The first-order valence-corrected chi connectivity index (χ1v) is 6.46. The smallest absolute Gasteiger partial charge is 0.347 e. The molecule has 104 valence electrons. The number of aryl methyl sites for hydroxylation is 1. The van der Waals surface area contributed by atoms with E-state index in [1.165, 1.54) is 18.2 Å². The van der Waals surface area contributed by atoms with Gasteiger partial charge in [-0.3, -0.25) is 9.59 Å². The third kappa shape index (κ3) is 3.09. The zero-order valence-electron chi connectivity index (χ0n) is 10.5. The summed E-state index contributed by atoms with van der Waals surface area (Å²) in [5.74, 6) is -1.49. The molecule has 7 nitrogen and oxygen atoms in total. The molecule has 2 aromatic heterocycles. The second kappa shape index (κ2) is 5.66. The number of amides is 1. The molecule has 0 aromatic carbocycles. The topological polar surface area (TPSA) is 112 Å². The molecule has 0 aliphatic carbocycles. The Kier molecular flexibility index (Phi) is 3.94. The van der Waals surface area contributed by atoms with Crippen LogP contribution in [0.15, 0.2) is 23.0 Å². The molecule has 0 spiro atoms. The van der Waals surface area contributed by atoms with E-state index >= 15 is 0 Å². The second-order valence-corrected chi connectivity index (χ2v) is 5.02. The van der Waals surface area contributed by atoms with Crippen molar-refractivity contribution < 1.29 is 14.7 Å². The number of hydrogen-bond donors (Lipinski definition) is 3. The predicted molar refractivity (Wildman–Crippen MR) is 72.0 cm³/mol. The minimum atomic E-state index is -1.04. The van der Waals surface area contributed by atoms with Gasteiger partial charge in [0.1, 0.15) is 15.6 Å². The van der Waals surface area contributed by atoms with Crippen LogP contribution in [0, 0.1) is 6.92 Å². The number of pyridine rings is 1. The number of H-pyrrole nitrogens is 1. The zero-order chi connectivity index (χ0) is 14.7. The van der Waals surface area contributed by atoms with E-state index < -0.39 is 11.9 Å². The van der Waals surface area contributed by atoms with Gasteiger partial charge >= 0.3 is 5.97 Å². The summed E-state index contributed by atoms with van der Waals surface area (Å²) >= 11 is 1.01. The number of aromatic nitrogens is 2. The Bertz CT molecular complexity index is 719. The lowest BCUT2D eigenvalue weighted by Crippen LogP contribution is -2.25. The Morgan fingerprint density at radius 2 is 2.20 bits per heavy atom. The third-order valence-corrected chi connectivity index (χ3v) is 3.59. The Hall–Kier alpha value is -2.48. The molecule has 3 N–H and O–H groups in total. The molecular weight excluding hydrogens is 282 g/mol. The van der Waals surface area contributed by atoms with E-state index in [1.54, 1.807) is 6.92 Å². The number of aromatic carboxylic acids is 1. The summed E-state index contributed by atoms with van der Waals surface area (Å²) in [7, 11) is 0. The van der Waals surface area contributed by atoms with Crippen molar-refractivity contribution in [2.75, 3.05) is 0 Å². The van der Waals surface area contributed by atoms with Crippen LogP contribution >= 0.6 is 11.3 Å². The number of carbonyl (C=O) groups is 2. The van der Waals surface area contributed by atoms with Gasteiger partial charge in [-0.05, 0) is 13.0 Å². The molecule has 0 aliphatic rings. The summed E-state index contributed by atoms with van der Waals surface area (Å²) in [5.41, 5.74) is 0.194. The van der Waals surface area contributed by atoms with Gasteiger partial charge in [-0.1, -0.05) is 6.07 Å². The first-order chi connectivity index (χ1) is 9.47. The molecule has 0 fully saturated rings. The molecule has 2 aromatic rings. The van der Waals surface area contributed by atoms with Crippen LogP contribution < -0.4 is 10.9 Å². The largest absolute Gasteiger partial charge is 0.477 e. The van der Waals surface area contributed by atoms with Gasteiger partial charge in [0, 0.05) is 6.07 Å². The van der Waals surface area contributed by atoms with Crippen molar-refractivity contribution in [1.29, 1.82) is 0 Å². The highest BCUT2D eigenvalue weighted by Crippen LogP contribution is 2.17. The lowest BCUT2D eigenvalue weighted by atomic mass is 10.3. The summed E-state index contributed by atoms with van der Waals surface area (Å²) in [6, 6.07) is 4.26. The van der Waals surface area contributed by atoms with E-state index in [4.69, 9.17) is 5.11 Å².